The van der Waals surface area contributed by atoms with Crippen molar-refractivity contribution in [1.82, 2.24) is 29.8 Å². The van der Waals surface area contributed by atoms with Crippen molar-refractivity contribution >= 4 is 34.4 Å². The van der Waals surface area contributed by atoms with Gasteiger partial charge in [0.1, 0.15) is 58.5 Å². The van der Waals surface area contributed by atoms with Crippen molar-refractivity contribution in [3.8, 4) is 29.0 Å². The number of carbonyl (C=O) groups excluding carboxylic acids is 1. The van der Waals surface area contributed by atoms with E-state index in [1.165, 1.54) is 13.3 Å². The van der Waals surface area contributed by atoms with Gasteiger partial charge in [-0.1, -0.05) is 18.2 Å². The molecule has 14 nitrogen and oxygen atoms in total. The second-order valence-corrected chi connectivity index (χ2v) is 18.6. The lowest BCUT2D eigenvalue weighted by Crippen LogP contribution is -2.43. The molecule has 0 unspecified atom stereocenters. The molecule has 356 valence electrons. The summed E-state index contributed by atoms with van der Waals surface area (Å²) in [5.74, 6) is -5.75. The Morgan fingerprint density at radius 3 is 2.40 bits per heavy atom. The van der Waals surface area contributed by atoms with Crippen LogP contribution in [0.5, 0.6) is 17.6 Å². The lowest BCUT2D eigenvalue weighted by Gasteiger charge is -2.32. The lowest BCUT2D eigenvalue weighted by atomic mass is 9.89. The Labute approximate surface area is 380 Å². The van der Waals surface area contributed by atoms with E-state index in [1.807, 2.05) is 4.90 Å². The summed E-state index contributed by atoms with van der Waals surface area (Å²) in [5.41, 5.74) is -6.68. The Balaban J connectivity index is 1.17. The summed E-state index contributed by atoms with van der Waals surface area (Å²) in [4.78, 5) is 38.6. The average Bonchev–Trinajstić information content (AvgIpc) is 3.46. The Kier molecular flexibility index (Phi) is 11.3. The van der Waals surface area contributed by atoms with E-state index in [4.69, 9.17) is 23.9 Å². The molecule has 2 saturated heterocycles. The number of aromatic nitrogens is 5. The fraction of sp³-hybridized carbons (Fsp3) is 0.478. The van der Waals surface area contributed by atoms with Crippen LogP contribution in [0.2, 0.25) is 0 Å². The number of hydrogen-bond donors (Lipinski definition) is 2. The summed E-state index contributed by atoms with van der Waals surface area (Å²) in [7, 11) is 1.48. The van der Waals surface area contributed by atoms with Gasteiger partial charge in [0.2, 0.25) is 5.88 Å². The monoisotopic (exact) mass is 939 g/mol. The smallest absolute Gasteiger partial charge is 0.418 e. The maximum atomic E-state index is 17.6. The number of methoxy groups -OCH3 is 1. The van der Waals surface area contributed by atoms with Gasteiger partial charge in [-0.05, 0) is 84.2 Å². The third kappa shape index (κ3) is 8.43. The number of rotatable bonds is 11. The van der Waals surface area contributed by atoms with Crippen molar-refractivity contribution in [2.24, 2.45) is 5.41 Å². The molecule has 3 atom stereocenters. The number of ether oxygens (including phenoxy) is 4. The highest BCUT2D eigenvalue weighted by atomic mass is 19.4. The van der Waals surface area contributed by atoms with Crippen molar-refractivity contribution in [1.29, 1.82) is 0 Å². The molecule has 1 saturated carbocycles. The topological polar surface area (TPSA) is 149 Å². The van der Waals surface area contributed by atoms with Gasteiger partial charge < -0.3 is 29.2 Å². The lowest BCUT2D eigenvalue weighted by molar-refractivity contribution is -0.137. The third-order valence-corrected chi connectivity index (χ3v) is 13.0. The fourth-order valence-electron chi connectivity index (χ4n) is 9.68. The molecule has 0 radical (unpaired) electrons. The van der Waals surface area contributed by atoms with Gasteiger partial charge in [0.15, 0.2) is 17.5 Å². The number of nitrogens with one attached hydrogen (secondary N) is 2. The van der Waals surface area contributed by atoms with Crippen LogP contribution in [-0.4, -0.2) is 92.9 Å². The van der Waals surface area contributed by atoms with Crippen LogP contribution in [0.4, 0.5) is 53.0 Å². The minimum Gasteiger partial charge on any atom is -0.497 e. The molecule has 0 bridgehead atoms. The number of benzene rings is 1. The van der Waals surface area contributed by atoms with E-state index < -0.39 is 92.3 Å². The molecule has 2 N–H and O–H groups in total. The van der Waals surface area contributed by atoms with Gasteiger partial charge in [-0.3, -0.25) is 10.2 Å². The van der Waals surface area contributed by atoms with Gasteiger partial charge in [0, 0.05) is 36.8 Å². The Bertz CT molecular complexity index is 2760. The molecule has 1 amide bonds. The first-order valence-electron chi connectivity index (χ1n) is 21.8. The van der Waals surface area contributed by atoms with Crippen LogP contribution in [0.1, 0.15) is 81.7 Å². The number of anilines is 3. The van der Waals surface area contributed by atoms with E-state index >= 15 is 22.0 Å². The highest BCUT2D eigenvalue weighted by Crippen LogP contribution is 2.69. The summed E-state index contributed by atoms with van der Waals surface area (Å²) in [5, 5.41) is 5.29. The quantitative estimate of drug-likeness (QED) is 0.121. The maximum absolute atomic E-state index is 17.6. The first-order valence-corrected chi connectivity index (χ1v) is 21.8. The summed E-state index contributed by atoms with van der Waals surface area (Å²) < 4.78 is 131. The number of amides is 1. The SMILES string of the molecule is COc1ccc(CNc2nc(-c3nc4c5c(nc(OC[C@@]67CCCN6C[C@]6(CC6(F)F)C7)nc5c3F)N([C@H](C)c3cccnc3NC(=O)OC(C)(C)C)CCO4)c(C(F)(F)F)c(C)c2F)cc1. The van der Waals surface area contributed by atoms with Crippen molar-refractivity contribution in [2.45, 2.75) is 96.1 Å². The molecule has 4 aliphatic rings. The first-order chi connectivity index (χ1) is 31.6. The predicted molar refractivity (Wildman–Crippen MR) is 232 cm³/mol. The standard InChI is InChI=1S/C46H48F7N9O5/c1-24-30(46(51,52)53)34(56-37(31(24)47)55-19-26-10-12-27(64-6)13-11-26)35-32(48)33-29-38(60-40(58-33)66-23-44-14-8-16-61(44)22-43(20-44)21-45(43,49)50)62(17-18-65-39(29)57-35)25(2)28-9-7-15-54-36(28)59-41(63)67-42(3,4)5/h7,9-13,15,25H,8,14,16-23H2,1-6H3,(H,55,56)(H,54,59,63)/t25-,43-,44+/m1/s1. The summed E-state index contributed by atoms with van der Waals surface area (Å²) in [6.45, 7) is 8.21. The molecule has 1 aliphatic carbocycles. The highest BCUT2D eigenvalue weighted by molar-refractivity contribution is 5.97. The molecule has 3 fully saturated rings. The minimum absolute atomic E-state index is 0.00329. The van der Waals surface area contributed by atoms with Crippen molar-refractivity contribution in [2.75, 3.05) is 55.5 Å². The second-order valence-electron chi connectivity index (χ2n) is 18.6. The number of hydrogen-bond acceptors (Lipinski definition) is 13. The molecule has 21 heteroatoms. The van der Waals surface area contributed by atoms with Gasteiger partial charge in [0.25, 0.3) is 5.92 Å². The Morgan fingerprint density at radius 1 is 0.970 bits per heavy atom. The minimum atomic E-state index is -5.24. The van der Waals surface area contributed by atoms with Gasteiger partial charge in [-0.25, -0.2) is 37.3 Å². The van der Waals surface area contributed by atoms with Crippen LogP contribution >= 0.6 is 0 Å². The van der Waals surface area contributed by atoms with Crippen molar-refractivity contribution in [3.05, 3.63) is 76.5 Å². The zero-order valence-electron chi connectivity index (χ0n) is 37.5. The maximum Gasteiger partial charge on any atom is 0.418 e. The second kappa shape index (κ2) is 16.5. The summed E-state index contributed by atoms with van der Waals surface area (Å²) in [6, 6.07) is 8.86. The fourth-order valence-corrected chi connectivity index (χ4v) is 9.68. The Hall–Kier alpha value is -6.25. The van der Waals surface area contributed by atoms with Crippen molar-refractivity contribution in [3.63, 3.8) is 0 Å². The molecule has 9 rings (SSSR count). The molecule has 3 aliphatic heterocycles. The largest absolute Gasteiger partial charge is 0.497 e. The average molecular weight is 940 g/mol. The normalized spacial score (nSPS) is 21.4. The van der Waals surface area contributed by atoms with Crippen LogP contribution in [0.15, 0.2) is 42.6 Å². The van der Waals surface area contributed by atoms with E-state index in [9.17, 15) is 13.6 Å². The van der Waals surface area contributed by atoms with Gasteiger partial charge in [-0.2, -0.15) is 23.1 Å². The molecular formula is C46H48F7N9O5. The van der Waals surface area contributed by atoms with Crippen LogP contribution in [-0.2, 0) is 17.5 Å². The first kappa shape index (κ1) is 45.9. The molecule has 1 spiro atoms. The summed E-state index contributed by atoms with van der Waals surface area (Å²) in [6.07, 6.45) is -3.34. The van der Waals surface area contributed by atoms with Gasteiger partial charge in [0.05, 0.1) is 36.2 Å². The van der Waals surface area contributed by atoms with Crippen LogP contribution in [0.3, 0.4) is 0 Å². The van der Waals surface area contributed by atoms with Crippen LogP contribution < -0.4 is 29.7 Å². The Morgan fingerprint density at radius 2 is 1.72 bits per heavy atom. The van der Waals surface area contributed by atoms with E-state index in [2.05, 4.69) is 30.6 Å². The number of pyridine rings is 3. The molecule has 7 heterocycles. The summed E-state index contributed by atoms with van der Waals surface area (Å²) >= 11 is 0. The van der Waals surface area contributed by atoms with Crippen molar-refractivity contribution < 1.29 is 54.5 Å². The van der Waals surface area contributed by atoms with E-state index in [0.717, 1.165) is 13.3 Å². The molecule has 4 aromatic heterocycles. The van der Waals surface area contributed by atoms with E-state index in [-0.39, 0.29) is 68.6 Å². The zero-order valence-corrected chi connectivity index (χ0v) is 37.5. The molecular weight excluding hydrogens is 892 g/mol. The molecule has 67 heavy (non-hydrogen) atoms. The highest BCUT2D eigenvalue weighted by Gasteiger charge is 2.77. The van der Waals surface area contributed by atoms with Gasteiger partial charge >= 0.3 is 18.3 Å². The number of halogens is 7. The van der Waals surface area contributed by atoms with Gasteiger partial charge in [-0.15, -0.1) is 0 Å². The third-order valence-electron chi connectivity index (χ3n) is 13.0. The van der Waals surface area contributed by atoms with Crippen LogP contribution in [0, 0.1) is 24.0 Å². The zero-order chi connectivity index (χ0) is 47.8. The van der Waals surface area contributed by atoms with Crippen LogP contribution in [0.25, 0.3) is 22.3 Å². The van der Waals surface area contributed by atoms with E-state index in [0.29, 0.717) is 29.8 Å². The predicted octanol–water partition coefficient (Wildman–Crippen LogP) is 9.66. The number of nitrogens with zero attached hydrogens (tertiary/aromatic N) is 7. The molecule has 1 aromatic carbocycles. The number of alkyl halides is 5. The van der Waals surface area contributed by atoms with E-state index in [1.54, 1.807) is 69.0 Å². The number of fused-ring (bicyclic) bond motifs is 1. The molecule has 5 aromatic rings. The number of carbonyl (C=O) groups is 1.